The lowest BCUT2D eigenvalue weighted by atomic mass is 10.0. The number of likely N-dealkylation sites (tertiary alicyclic amines) is 1. The van der Waals surface area contributed by atoms with Gasteiger partial charge in [0.05, 0.1) is 17.7 Å². The molecule has 0 unspecified atom stereocenters. The molecule has 0 bridgehead atoms. The lowest BCUT2D eigenvalue weighted by molar-refractivity contribution is -0.137. The lowest BCUT2D eigenvalue weighted by Gasteiger charge is -2.24. The van der Waals surface area contributed by atoms with Gasteiger partial charge in [0.25, 0.3) is 5.91 Å². The van der Waals surface area contributed by atoms with Crippen molar-refractivity contribution in [1.82, 2.24) is 9.88 Å². The van der Waals surface area contributed by atoms with Crippen LogP contribution in [0.4, 0.5) is 13.2 Å². The number of aliphatic hydroxyl groups excluding tert-OH is 1. The fourth-order valence-electron chi connectivity index (χ4n) is 2.87. The standard InChI is InChI=1S/C16H15F3N2O2/c17-16(18,19)11-5-3-10(4-6-11)14-8-12(22)9-21(14)15(23)13-2-1-7-20-13/h1-7,12,14,20,22H,8-9H2/t12-,14+/m1/s1. The lowest BCUT2D eigenvalue weighted by Crippen LogP contribution is -2.32. The summed E-state index contributed by atoms with van der Waals surface area (Å²) in [6.45, 7) is 0.156. The third-order valence-corrected chi connectivity index (χ3v) is 3.99. The van der Waals surface area contributed by atoms with Crippen molar-refractivity contribution in [2.75, 3.05) is 6.54 Å². The van der Waals surface area contributed by atoms with E-state index in [-0.39, 0.29) is 12.5 Å². The summed E-state index contributed by atoms with van der Waals surface area (Å²) in [4.78, 5) is 16.8. The molecular formula is C16H15F3N2O2. The van der Waals surface area contributed by atoms with Crippen LogP contribution in [0.3, 0.4) is 0 Å². The van der Waals surface area contributed by atoms with Crippen LogP contribution in [-0.4, -0.2) is 33.5 Å². The molecule has 122 valence electrons. The van der Waals surface area contributed by atoms with E-state index in [4.69, 9.17) is 0 Å². The number of halogens is 3. The van der Waals surface area contributed by atoms with Gasteiger partial charge >= 0.3 is 6.18 Å². The van der Waals surface area contributed by atoms with Crippen LogP contribution in [-0.2, 0) is 6.18 Å². The second-order valence-electron chi connectivity index (χ2n) is 5.57. The average molecular weight is 324 g/mol. The first-order valence-corrected chi connectivity index (χ1v) is 7.16. The molecule has 1 amide bonds. The van der Waals surface area contributed by atoms with Gasteiger partial charge in [0.1, 0.15) is 5.69 Å². The Morgan fingerprint density at radius 1 is 1.22 bits per heavy atom. The quantitative estimate of drug-likeness (QED) is 0.892. The highest BCUT2D eigenvalue weighted by Crippen LogP contribution is 2.35. The van der Waals surface area contributed by atoms with Crippen molar-refractivity contribution in [3.8, 4) is 0 Å². The summed E-state index contributed by atoms with van der Waals surface area (Å²) < 4.78 is 37.9. The smallest absolute Gasteiger partial charge is 0.391 e. The van der Waals surface area contributed by atoms with Crippen LogP contribution in [0.1, 0.15) is 34.1 Å². The maximum Gasteiger partial charge on any atom is 0.416 e. The van der Waals surface area contributed by atoms with Crippen molar-refractivity contribution in [2.45, 2.75) is 24.7 Å². The molecule has 0 spiro atoms. The topological polar surface area (TPSA) is 56.3 Å². The number of rotatable bonds is 2. The summed E-state index contributed by atoms with van der Waals surface area (Å²) in [5, 5.41) is 9.88. The average Bonchev–Trinajstić information content (AvgIpc) is 3.15. The normalized spacial score (nSPS) is 21.7. The number of H-pyrrole nitrogens is 1. The Balaban J connectivity index is 1.86. The van der Waals surface area contributed by atoms with Crippen molar-refractivity contribution in [2.24, 2.45) is 0 Å². The molecule has 7 heteroatoms. The molecule has 1 fully saturated rings. The molecule has 4 nitrogen and oxygen atoms in total. The summed E-state index contributed by atoms with van der Waals surface area (Å²) in [5.41, 5.74) is 0.229. The molecule has 23 heavy (non-hydrogen) atoms. The Labute approximate surface area is 130 Å². The van der Waals surface area contributed by atoms with Crippen LogP contribution in [0.15, 0.2) is 42.6 Å². The van der Waals surface area contributed by atoms with Crippen LogP contribution in [0.5, 0.6) is 0 Å². The fourth-order valence-corrected chi connectivity index (χ4v) is 2.87. The van der Waals surface area contributed by atoms with Gasteiger partial charge in [-0.2, -0.15) is 13.2 Å². The minimum Gasteiger partial charge on any atom is -0.391 e. The molecule has 0 aliphatic carbocycles. The molecule has 2 atom stereocenters. The predicted octanol–water partition coefficient (Wildman–Crippen LogP) is 2.98. The van der Waals surface area contributed by atoms with Crippen molar-refractivity contribution >= 4 is 5.91 Å². The highest BCUT2D eigenvalue weighted by molar-refractivity contribution is 5.93. The van der Waals surface area contributed by atoms with Crippen LogP contribution in [0, 0.1) is 0 Å². The van der Waals surface area contributed by atoms with E-state index in [1.54, 1.807) is 18.3 Å². The Bertz CT molecular complexity index is 680. The zero-order valence-electron chi connectivity index (χ0n) is 12.0. The maximum absolute atomic E-state index is 12.6. The van der Waals surface area contributed by atoms with Crippen molar-refractivity contribution in [3.05, 3.63) is 59.4 Å². The van der Waals surface area contributed by atoms with Gasteiger partial charge in [-0.05, 0) is 36.2 Å². The number of hydrogen-bond donors (Lipinski definition) is 2. The molecule has 1 aromatic heterocycles. The van der Waals surface area contributed by atoms with E-state index in [1.807, 2.05) is 0 Å². The monoisotopic (exact) mass is 324 g/mol. The molecule has 1 aromatic carbocycles. The van der Waals surface area contributed by atoms with Gasteiger partial charge in [0, 0.05) is 12.7 Å². The SMILES string of the molecule is O=C(c1ccc[nH]1)N1C[C@H](O)C[C@H]1c1ccc(C(F)(F)F)cc1. The highest BCUT2D eigenvalue weighted by Gasteiger charge is 2.37. The van der Waals surface area contributed by atoms with Gasteiger partial charge in [0.2, 0.25) is 0 Å². The van der Waals surface area contributed by atoms with Gasteiger partial charge in [0.15, 0.2) is 0 Å². The Morgan fingerprint density at radius 3 is 2.48 bits per heavy atom. The molecule has 2 heterocycles. The fraction of sp³-hybridized carbons (Fsp3) is 0.312. The van der Waals surface area contributed by atoms with E-state index in [9.17, 15) is 23.1 Å². The summed E-state index contributed by atoms with van der Waals surface area (Å²) in [5.74, 6) is -0.281. The minimum absolute atomic E-state index is 0.156. The molecule has 1 aliphatic heterocycles. The van der Waals surface area contributed by atoms with E-state index in [1.165, 1.54) is 17.0 Å². The predicted molar refractivity (Wildman–Crippen MR) is 76.6 cm³/mol. The molecule has 0 saturated carbocycles. The second kappa shape index (κ2) is 5.73. The first-order chi connectivity index (χ1) is 10.9. The number of benzene rings is 1. The number of amides is 1. The molecule has 2 aromatic rings. The minimum atomic E-state index is -4.40. The summed E-state index contributed by atoms with van der Waals surface area (Å²) in [7, 11) is 0. The Morgan fingerprint density at radius 2 is 1.91 bits per heavy atom. The van der Waals surface area contributed by atoms with Crippen LogP contribution in [0.25, 0.3) is 0 Å². The molecule has 3 rings (SSSR count). The molecule has 0 radical (unpaired) electrons. The molecule has 2 N–H and O–H groups in total. The summed E-state index contributed by atoms with van der Waals surface area (Å²) >= 11 is 0. The molecule has 1 saturated heterocycles. The van der Waals surface area contributed by atoms with Gasteiger partial charge in [-0.25, -0.2) is 0 Å². The van der Waals surface area contributed by atoms with Crippen LogP contribution < -0.4 is 0 Å². The second-order valence-corrected chi connectivity index (χ2v) is 5.57. The third kappa shape index (κ3) is 3.10. The van der Waals surface area contributed by atoms with Gasteiger partial charge in [-0.1, -0.05) is 12.1 Å². The number of hydrogen-bond acceptors (Lipinski definition) is 2. The van der Waals surface area contributed by atoms with E-state index in [2.05, 4.69) is 4.98 Å². The molecular weight excluding hydrogens is 309 g/mol. The van der Waals surface area contributed by atoms with E-state index >= 15 is 0 Å². The number of β-amino-alcohol motifs (C(OH)–C–C–N with tert-alkyl or cyclic N) is 1. The van der Waals surface area contributed by atoms with Crippen molar-refractivity contribution in [1.29, 1.82) is 0 Å². The number of nitrogens with zero attached hydrogens (tertiary/aromatic N) is 1. The number of alkyl halides is 3. The zero-order valence-corrected chi connectivity index (χ0v) is 12.0. The third-order valence-electron chi connectivity index (χ3n) is 3.99. The Kier molecular flexibility index (Phi) is 3.89. The zero-order chi connectivity index (χ0) is 16.6. The van der Waals surface area contributed by atoms with Gasteiger partial charge in [-0.3, -0.25) is 4.79 Å². The van der Waals surface area contributed by atoms with Gasteiger partial charge in [-0.15, -0.1) is 0 Å². The van der Waals surface area contributed by atoms with Crippen molar-refractivity contribution in [3.63, 3.8) is 0 Å². The van der Waals surface area contributed by atoms with Crippen LogP contribution >= 0.6 is 0 Å². The highest BCUT2D eigenvalue weighted by atomic mass is 19.4. The van der Waals surface area contributed by atoms with E-state index in [0.29, 0.717) is 17.7 Å². The number of aliphatic hydroxyl groups is 1. The number of aromatic amines is 1. The van der Waals surface area contributed by atoms with E-state index < -0.39 is 23.9 Å². The Hall–Kier alpha value is -2.28. The number of carbonyl (C=O) groups excluding carboxylic acids is 1. The molecule has 1 aliphatic rings. The summed E-state index contributed by atoms with van der Waals surface area (Å²) in [6.07, 6.45) is -3.17. The van der Waals surface area contributed by atoms with Gasteiger partial charge < -0.3 is 15.0 Å². The van der Waals surface area contributed by atoms with E-state index in [0.717, 1.165) is 12.1 Å². The first kappa shape index (κ1) is 15.6. The maximum atomic E-state index is 12.6. The van der Waals surface area contributed by atoms with Crippen molar-refractivity contribution < 1.29 is 23.1 Å². The van der Waals surface area contributed by atoms with Crippen LogP contribution in [0.2, 0.25) is 0 Å². The number of aromatic nitrogens is 1. The number of carbonyl (C=O) groups is 1. The largest absolute Gasteiger partial charge is 0.416 e. The summed E-state index contributed by atoms with van der Waals surface area (Å²) in [6, 6.07) is 7.59. The first-order valence-electron chi connectivity index (χ1n) is 7.16. The number of nitrogens with one attached hydrogen (secondary N) is 1.